The smallest absolute Gasteiger partial charge is 0.155 e. The molecule has 0 saturated heterocycles. The molecule has 13 heavy (non-hydrogen) atoms. The zero-order valence-corrected chi connectivity index (χ0v) is 8.44. The minimum Gasteiger partial charge on any atom is -0.295 e. The van der Waals surface area contributed by atoms with Gasteiger partial charge in [-0.1, -0.05) is 17.7 Å². The van der Waals surface area contributed by atoms with E-state index < -0.39 is 0 Å². The number of rotatable bonds is 4. The van der Waals surface area contributed by atoms with E-state index in [1.807, 2.05) is 0 Å². The van der Waals surface area contributed by atoms with Crippen LogP contribution in [-0.4, -0.2) is 5.78 Å². The van der Waals surface area contributed by atoms with Crippen LogP contribution >= 0.6 is 0 Å². The molecule has 1 aliphatic rings. The van der Waals surface area contributed by atoms with E-state index in [1.165, 1.54) is 42.9 Å². The summed E-state index contributed by atoms with van der Waals surface area (Å²) in [6.07, 6.45) is 8.10. The summed E-state index contributed by atoms with van der Waals surface area (Å²) >= 11 is 0. The maximum atomic E-state index is 11.0. The first-order valence-electron chi connectivity index (χ1n) is 5.07. The molecular formula is C12H18O. The lowest BCUT2D eigenvalue weighted by molar-refractivity contribution is -0.114. The van der Waals surface area contributed by atoms with Gasteiger partial charge in [0.2, 0.25) is 0 Å². The predicted octanol–water partition coefficient (Wildman–Crippen LogP) is 3.41. The highest BCUT2D eigenvalue weighted by molar-refractivity contribution is 5.89. The van der Waals surface area contributed by atoms with Crippen LogP contribution in [0, 0.1) is 0 Å². The average molecular weight is 178 g/mol. The topological polar surface area (TPSA) is 17.1 Å². The molecule has 0 aromatic rings. The summed E-state index contributed by atoms with van der Waals surface area (Å²) in [5.41, 5.74) is 3.03. The number of carbonyl (C=O) groups is 1. The Balaban J connectivity index is 2.43. The molecule has 0 aromatic carbocycles. The van der Waals surface area contributed by atoms with Gasteiger partial charge < -0.3 is 0 Å². The fraction of sp³-hybridized carbons (Fsp3) is 0.583. The fourth-order valence-electron chi connectivity index (χ4n) is 1.83. The molecule has 0 heterocycles. The van der Waals surface area contributed by atoms with Crippen molar-refractivity contribution in [3.05, 3.63) is 23.8 Å². The van der Waals surface area contributed by atoms with Crippen LogP contribution in [0.5, 0.6) is 0 Å². The zero-order chi connectivity index (χ0) is 9.68. The molecule has 0 N–H and O–H groups in total. The molecule has 72 valence electrons. The molecule has 0 radical (unpaired) electrons. The van der Waals surface area contributed by atoms with Gasteiger partial charge in [-0.05, 0) is 45.1 Å². The van der Waals surface area contributed by atoms with Crippen LogP contribution in [-0.2, 0) is 4.79 Å². The monoisotopic (exact) mass is 178 g/mol. The molecule has 0 fully saturated rings. The van der Waals surface area contributed by atoms with Crippen molar-refractivity contribution in [3.8, 4) is 0 Å². The Morgan fingerprint density at radius 1 is 1.46 bits per heavy atom. The highest BCUT2D eigenvalue weighted by Crippen LogP contribution is 2.27. The molecule has 1 nitrogen and oxygen atoms in total. The molecule has 0 aromatic heterocycles. The van der Waals surface area contributed by atoms with Gasteiger partial charge >= 0.3 is 0 Å². The van der Waals surface area contributed by atoms with Gasteiger partial charge in [-0.15, -0.1) is 0 Å². The van der Waals surface area contributed by atoms with Crippen LogP contribution in [0.2, 0.25) is 0 Å². The molecule has 0 bridgehead atoms. The van der Waals surface area contributed by atoms with E-state index in [0.717, 1.165) is 6.42 Å². The van der Waals surface area contributed by atoms with Crippen LogP contribution in [0.15, 0.2) is 23.8 Å². The third-order valence-electron chi connectivity index (χ3n) is 2.78. The molecular weight excluding hydrogens is 160 g/mol. The summed E-state index contributed by atoms with van der Waals surface area (Å²) in [7, 11) is 0. The van der Waals surface area contributed by atoms with E-state index in [2.05, 4.69) is 13.5 Å². The molecule has 0 aliphatic heterocycles. The Morgan fingerprint density at radius 2 is 2.15 bits per heavy atom. The standard InChI is InChI=1S/C12H18O/c1-3-12(13)9-8-11-7-5-4-6-10(11)2/h3H,1,4-9H2,2H3. The number of carbonyl (C=O) groups excluding carboxylic acids is 1. The first-order valence-corrected chi connectivity index (χ1v) is 5.07. The van der Waals surface area contributed by atoms with Crippen LogP contribution in [0.4, 0.5) is 0 Å². The normalized spacial score (nSPS) is 17.3. The summed E-state index contributed by atoms with van der Waals surface area (Å²) in [6.45, 7) is 5.68. The van der Waals surface area contributed by atoms with Crippen molar-refractivity contribution in [1.82, 2.24) is 0 Å². The second kappa shape index (κ2) is 5.00. The van der Waals surface area contributed by atoms with Crippen LogP contribution in [0.25, 0.3) is 0 Å². The van der Waals surface area contributed by atoms with E-state index in [4.69, 9.17) is 0 Å². The van der Waals surface area contributed by atoms with Gasteiger partial charge in [0.15, 0.2) is 5.78 Å². The lowest BCUT2D eigenvalue weighted by atomic mass is 9.89. The Labute approximate surface area is 80.5 Å². The van der Waals surface area contributed by atoms with Crippen LogP contribution in [0.3, 0.4) is 0 Å². The van der Waals surface area contributed by atoms with Crippen molar-refractivity contribution in [1.29, 1.82) is 0 Å². The van der Waals surface area contributed by atoms with Gasteiger partial charge in [-0.3, -0.25) is 4.79 Å². The largest absolute Gasteiger partial charge is 0.295 e. The van der Waals surface area contributed by atoms with Gasteiger partial charge in [0.1, 0.15) is 0 Å². The average Bonchev–Trinajstić information content (AvgIpc) is 2.16. The Kier molecular flexibility index (Phi) is 3.94. The number of hydrogen-bond acceptors (Lipinski definition) is 1. The van der Waals surface area contributed by atoms with Crippen molar-refractivity contribution >= 4 is 5.78 Å². The summed E-state index contributed by atoms with van der Waals surface area (Å²) < 4.78 is 0. The summed E-state index contributed by atoms with van der Waals surface area (Å²) in [5, 5.41) is 0. The highest BCUT2D eigenvalue weighted by Gasteiger charge is 2.09. The van der Waals surface area contributed by atoms with Gasteiger partial charge in [0.25, 0.3) is 0 Å². The Bertz CT molecular complexity index is 236. The first kappa shape index (κ1) is 10.2. The number of hydrogen-bond donors (Lipinski definition) is 0. The number of ketones is 1. The SMILES string of the molecule is C=CC(=O)CCC1=C(C)CCCC1. The molecule has 0 spiro atoms. The van der Waals surface area contributed by atoms with Crippen molar-refractivity contribution in [2.45, 2.75) is 45.4 Å². The van der Waals surface area contributed by atoms with Crippen molar-refractivity contribution in [3.63, 3.8) is 0 Å². The second-order valence-corrected chi connectivity index (χ2v) is 3.76. The third-order valence-corrected chi connectivity index (χ3v) is 2.78. The molecule has 0 saturated carbocycles. The van der Waals surface area contributed by atoms with Gasteiger partial charge in [-0.25, -0.2) is 0 Å². The molecule has 0 amide bonds. The molecule has 0 atom stereocenters. The van der Waals surface area contributed by atoms with Crippen molar-refractivity contribution in [2.75, 3.05) is 0 Å². The third kappa shape index (κ3) is 3.17. The maximum Gasteiger partial charge on any atom is 0.155 e. The van der Waals surface area contributed by atoms with Gasteiger partial charge in [0.05, 0.1) is 0 Å². The zero-order valence-electron chi connectivity index (χ0n) is 8.44. The lowest BCUT2D eigenvalue weighted by Gasteiger charge is -2.16. The van der Waals surface area contributed by atoms with Crippen LogP contribution < -0.4 is 0 Å². The molecule has 0 unspecified atom stereocenters. The predicted molar refractivity (Wildman–Crippen MR) is 55.6 cm³/mol. The molecule has 1 aliphatic carbocycles. The fourth-order valence-corrected chi connectivity index (χ4v) is 1.83. The minimum atomic E-state index is 0.172. The molecule has 1 heteroatoms. The van der Waals surface area contributed by atoms with E-state index in [9.17, 15) is 4.79 Å². The van der Waals surface area contributed by atoms with Crippen LogP contribution in [0.1, 0.15) is 45.4 Å². The number of allylic oxidation sites excluding steroid dienone is 3. The quantitative estimate of drug-likeness (QED) is 0.476. The first-order chi connectivity index (χ1) is 6.24. The van der Waals surface area contributed by atoms with Gasteiger partial charge in [0, 0.05) is 6.42 Å². The Hall–Kier alpha value is -0.850. The lowest BCUT2D eigenvalue weighted by Crippen LogP contribution is -2.00. The van der Waals surface area contributed by atoms with Crippen molar-refractivity contribution in [2.24, 2.45) is 0 Å². The summed E-state index contributed by atoms with van der Waals surface area (Å²) in [5.74, 6) is 0.172. The van der Waals surface area contributed by atoms with Crippen molar-refractivity contribution < 1.29 is 4.79 Å². The summed E-state index contributed by atoms with van der Waals surface area (Å²) in [4.78, 5) is 11.0. The Morgan fingerprint density at radius 3 is 2.77 bits per heavy atom. The summed E-state index contributed by atoms with van der Waals surface area (Å²) in [6, 6.07) is 0. The van der Waals surface area contributed by atoms with E-state index >= 15 is 0 Å². The van der Waals surface area contributed by atoms with E-state index in [-0.39, 0.29) is 5.78 Å². The van der Waals surface area contributed by atoms with E-state index in [0.29, 0.717) is 6.42 Å². The highest BCUT2D eigenvalue weighted by atomic mass is 16.1. The van der Waals surface area contributed by atoms with Gasteiger partial charge in [-0.2, -0.15) is 0 Å². The van der Waals surface area contributed by atoms with E-state index in [1.54, 1.807) is 0 Å². The minimum absolute atomic E-state index is 0.172. The maximum absolute atomic E-state index is 11.0. The molecule has 1 rings (SSSR count). The second-order valence-electron chi connectivity index (χ2n) is 3.76.